The lowest BCUT2D eigenvalue weighted by molar-refractivity contribution is -0.397. The van der Waals surface area contributed by atoms with E-state index in [9.17, 15) is 20.5 Å². The maximum atomic E-state index is 11.3. The van der Waals surface area contributed by atoms with Gasteiger partial charge in [0.05, 0.1) is 22.5 Å². The topological polar surface area (TPSA) is 159 Å². The van der Waals surface area contributed by atoms with E-state index in [-0.39, 0.29) is 19.0 Å². The molecular weight excluding hydrogens is 418 g/mol. The van der Waals surface area contributed by atoms with Gasteiger partial charge < -0.3 is 25.8 Å². The third-order valence-electron chi connectivity index (χ3n) is 5.30. The van der Waals surface area contributed by atoms with Crippen LogP contribution in [-0.2, 0) is 11.4 Å². The van der Waals surface area contributed by atoms with Crippen molar-refractivity contribution in [3.8, 4) is 0 Å². The first kappa shape index (κ1) is 27.5. The summed E-state index contributed by atoms with van der Waals surface area (Å²) in [6.07, 6.45) is 5.28. The Morgan fingerprint density at radius 1 is 1.25 bits per heavy atom. The van der Waals surface area contributed by atoms with Crippen LogP contribution in [-0.4, -0.2) is 60.0 Å². The Hall–Kier alpha value is -2.57. The molecule has 0 bridgehead atoms. The zero-order chi connectivity index (χ0) is 24.4. The molecule has 12 nitrogen and oxygen atoms in total. The van der Waals surface area contributed by atoms with E-state index >= 15 is 0 Å². The molecule has 0 aliphatic carbocycles. The summed E-state index contributed by atoms with van der Waals surface area (Å²) in [5, 5.41) is 40.1. The number of hydroxylamine groups is 1. The van der Waals surface area contributed by atoms with E-state index < -0.39 is 22.1 Å². The Bertz CT molecular complexity index is 789. The number of hydrogen-bond donors (Lipinski definition) is 4. The van der Waals surface area contributed by atoms with Gasteiger partial charge in [-0.15, -0.1) is 0 Å². The molecule has 4 N–H and O–H groups in total. The van der Waals surface area contributed by atoms with Gasteiger partial charge in [0.15, 0.2) is 0 Å². The van der Waals surface area contributed by atoms with Crippen LogP contribution in [0.25, 0.3) is 0 Å². The molecule has 182 valence electrons. The molecule has 1 heterocycles. The van der Waals surface area contributed by atoms with Crippen LogP contribution in [0.1, 0.15) is 67.2 Å². The minimum Gasteiger partial charge on any atom is -0.411 e. The molecule has 0 aromatic carbocycles. The summed E-state index contributed by atoms with van der Waals surface area (Å²) < 4.78 is 1.40. The van der Waals surface area contributed by atoms with Crippen LogP contribution in [0.15, 0.2) is 22.7 Å². The smallest absolute Gasteiger partial charge is 0.411 e. The zero-order valence-corrected chi connectivity index (χ0v) is 19.8. The van der Waals surface area contributed by atoms with Gasteiger partial charge in [-0.2, -0.15) is 5.48 Å². The third-order valence-corrected chi connectivity index (χ3v) is 5.30. The monoisotopic (exact) mass is 455 g/mol. The maximum absolute atomic E-state index is 11.3. The second-order valence-corrected chi connectivity index (χ2v) is 8.66. The molecule has 0 amide bonds. The fourth-order valence-electron chi connectivity index (χ4n) is 3.21. The highest BCUT2D eigenvalue weighted by atomic mass is 16.7. The van der Waals surface area contributed by atoms with E-state index in [1.165, 1.54) is 17.0 Å². The number of oxime groups is 2. The van der Waals surface area contributed by atoms with Crippen molar-refractivity contribution >= 4 is 17.4 Å². The van der Waals surface area contributed by atoms with E-state index in [0.717, 1.165) is 12.8 Å². The highest BCUT2D eigenvalue weighted by Crippen LogP contribution is 2.15. The summed E-state index contributed by atoms with van der Waals surface area (Å²) in [4.78, 5) is 20.4. The average Bonchev–Trinajstić information content (AvgIpc) is 3.19. The standard InChI is InChI=1S/C20H37N7O5/c1-7-9-10-17(24-29)20(5,6)25-32-15(13-22-19(3,4)16(8-2)23-28)14-26-12-11-21-18(26)27(30)31/h11-12,15,22,25,28-29H,7-10,13-14H2,1-6H3/b23-16+,24-17+. The first-order valence-electron chi connectivity index (χ1n) is 10.8. The van der Waals surface area contributed by atoms with Gasteiger partial charge >= 0.3 is 5.95 Å². The van der Waals surface area contributed by atoms with Gasteiger partial charge in [0.25, 0.3) is 0 Å². The lowest BCUT2D eigenvalue weighted by atomic mass is 9.95. The molecule has 0 saturated heterocycles. The van der Waals surface area contributed by atoms with Crippen molar-refractivity contribution in [2.45, 2.75) is 91.0 Å². The van der Waals surface area contributed by atoms with Gasteiger partial charge in [0.2, 0.25) is 0 Å². The van der Waals surface area contributed by atoms with E-state index in [1.807, 2.05) is 41.5 Å². The van der Waals surface area contributed by atoms with Gasteiger partial charge in [-0.25, -0.2) is 4.57 Å². The van der Waals surface area contributed by atoms with Gasteiger partial charge in [0.1, 0.15) is 25.0 Å². The molecule has 32 heavy (non-hydrogen) atoms. The van der Waals surface area contributed by atoms with Crippen molar-refractivity contribution in [2.75, 3.05) is 6.54 Å². The van der Waals surface area contributed by atoms with Crippen molar-refractivity contribution in [1.29, 1.82) is 0 Å². The predicted octanol–water partition coefficient (Wildman–Crippen LogP) is 3.09. The maximum Gasteiger partial charge on any atom is 0.434 e. The van der Waals surface area contributed by atoms with E-state index in [0.29, 0.717) is 24.3 Å². The van der Waals surface area contributed by atoms with Crippen molar-refractivity contribution < 1.29 is 20.2 Å². The molecule has 0 spiro atoms. The molecule has 0 aliphatic rings. The quantitative estimate of drug-likeness (QED) is 0.136. The Morgan fingerprint density at radius 2 is 1.91 bits per heavy atom. The fraction of sp³-hybridized carbons (Fsp3) is 0.750. The first-order chi connectivity index (χ1) is 15.0. The van der Waals surface area contributed by atoms with Crippen LogP contribution in [0.2, 0.25) is 0 Å². The fourth-order valence-corrected chi connectivity index (χ4v) is 3.21. The Labute approximate surface area is 188 Å². The van der Waals surface area contributed by atoms with Gasteiger partial charge in [-0.3, -0.25) is 4.84 Å². The molecule has 0 fully saturated rings. The van der Waals surface area contributed by atoms with Crippen LogP contribution in [0.3, 0.4) is 0 Å². The van der Waals surface area contributed by atoms with E-state index in [1.54, 1.807) is 0 Å². The minimum absolute atomic E-state index is 0.140. The first-order valence-corrected chi connectivity index (χ1v) is 10.8. The normalized spacial score (nSPS) is 14.6. The number of nitrogens with one attached hydrogen (secondary N) is 2. The molecule has 12 heteroatoms. The molecule has 1 rings (SSSR count). The summed E-state index contributed by atoms with van der Waals surface area (Å²) in [6.45, 7) is 11.8. The Balaban J connectivity index is 3.01. The highest BCUT2D eigenvalue weighted by molar-refractivity contribution is 5.92. The van der Waals surface area contributed by atoms with E-state index in [4.69, 9.17) is 4.84 Å². The Morgan fingerprint density at radius 3 is 2.44 bits per heavy atom. The second kappa shape index (κ2) is 12.5. The van der Waals surface area contributed by atoms with E-state index in [2.05, 4.69) is 26.1 Å². The SMILES string of the molecule is CCCC/C(=N\O)C(C)(C)NOC(CNC(C)(C)/C(CC)=N/O)Cn1ccnc1[N+](=O)[O-]. The predicted molar refractivity (Wildman–Crippen MR) is 121 cm³/mol. The summed E-state index contributed by atoms with van der Waals surface area (Å²) in [6, 6.07) is 0. The second-order valence-electron chi connectivity index (χ2n) is 8.66. The number of nitro groups is 1. The lowest BCUT2D eigenvalue weighted by Crippen LogP contribution is -2.53. The molecule has 0 aliphatic heterocycles. The molecule has 1 aromatic rings. The number of unbranched alkanes of at least 4 members (excludes halogenated alkanes) is 1. The van der Waals surface area contributed by atoms with Gasteiger partial charge in [0, 0.05) is 6.54 Å². The molecule has 1 atom stereocenters. The third kappa shape index (κ3) is 7.84. The van der Waals surface area contributed by atoms with Crippen LogP contribution in [0.5, 0.6) is 0 Å². The average molecular weight is 456 g/mol. The summed E-state index contributed by atoms with van der Waals surface area (Å²) in [5.41, 5.74) is 2.68. The van der Waals surface area contributed by atoms with Crippen molar-refractivity contribution in [3.05, 3.63) is 22.5 Å². The largest absolute Gasteiger partial charge is 0.434 e. The van der Waals surface area contributed by atoms with Crippen molar-refractivity contribution in [3.63, 3.8) is 0 Å². The number of nitrogens with zero attached hydrogens (tertiary/aromatic N) is 5. The highest BCUT2D eigenvalue weighted by Gasteiger charge is 2.30. The molecule has 0 radical (unpaired) electrons. The molecule has 1 unspecified atom stereocenters. The number of rotatable bonds is 15. The van der Waals surface area contributed by atoms with Gasteiger partial charge in [-0.05, 0) is 51.9 Å². The number of hydrogen-bond acceptors (Lipinski definition) is 10. The number of aromatic nitrogens is 2. The van der Waals surface area contributed by atoms with Crippen molar-refractivity contribution in [1.82, 2.24) is 20.3 Å². The minimum atomic E-state index is -0.764. The lowest BCUT2D eigenvalue weighted by Gasteiger charge is -2.32. The molecule has 0 saturated carbocycles. The zero-order valence-electron chi connectivity index (χ0n) is 19.8. The van der Waals surface area contributed by atoms with Crippen molar-refractivity contribution in [2.24, 2.45) is 10.3 Å². The van der Waals surface area contributed by atoms with Crippen LogP contribution in [0.4, 0.5) is 5.95 Å². The van der Waals surface area contributed by atoms with Gasteiger partial charge in [-0.1, -0.05) is 35.6 Å². The Kier molecular flexibility index (Phi) is 10.7. The number of imidazole rings is 1. The summed E-state index contributed by atoms with van der Waals surface area (Å²) in [5.74, 6) is -0.288. The summed E-state index contributed by atoms with van der Waals surface area (Å²) >= 11 is 0. The molecular formula is C20H37N7O5. The van der Waals surface area contributed by atoms with Crippen LogP contribution < -0.4 is 10.8 Å². The molecule has 1 aromatic heterocycles. The summed E-state index contributed by atoms with van der Waals surface area (Å²) in [7, 11) is 0. The van der Waals surface area contributed by atoms with Crippen LogP contribution in [0, 0.1) is 10.1 Å². The van der Waals surface area contributed by atoms with Crippen LogP contribution >= 0.6 is 0 Å².